The lowest BCUT2D eigenvalue weighted by atomic mass is 9.92. The maximum absolute atomic E-state index is 15.7. The lowest BCUT2D eigenvalue weighted by Crippen LogP contribution is -2.01. The van der Waals surface area contributed by atoms with Crippen LogP contribution in [0, 0.1) is 40.9 Å². The lowest BCUT2D eigenvalue weighted by molar-refractivity contribution is 0.421. The Balaban J connectivity index is 1.41. The third-order valence-electron chi connectivity index (χ3n) is 10.8. The number of hydrogen-bond acceptors (Lipinski definition) is 5. The molecule has 0 saturated heterocycles. The minimum absolute atomic E-state index is 0.0486. The molecule has 0 amide bonds. The van der Waals surface area contributed by atoms with Crippen LogP contribution in [0.2, 0.25) is 0 Å². The minimum Gasteiger partial charge on any atom is -0.206 e. The molecule has 0 spiro atoms. The van der Waals surface area contributed by atoms with Crippen LogP contribution in [0.25, 0.3) is 47.9 Å². The smallest absolute Gasteiger partial charge is 0.178 e. The molecule has 56 heavy (non-hydrogen) atoms. The van der Waals surface area contributed by atoms with Crippen LogP contribution < -0.4 is 0 Å². The molecule has 2 unspecified atom stereocenters. The lowest BCUT2D eigenvalue weighted by Gasteiger charge is -2.14. The number of thiophene rings is 2. The first-order chi connectivity index (χ1) is 27.0. The molecule has 5 rings (SSSR count). The van der Waals surface area contributed by atoms with Crippen molar-refractivity contribution in [2.45, 2.75) is 112 Å². The fourth-order valence-electron chi connectivity index (χ4n) is 7.12. The average Bonchev–Trinajstić information content (AvgIpc) is 3.89. The van der Waals surface area contributed by atoms with Gasteiger partial charge in [0.05, 0.1) is 31.2 Å². The maximum atomic E-state index is 15.7. The summed E-state index contributed by atoms with van der Waals surface area (Å²) < 4.78 is 102. The van der Waals surface area contributed by atoms with Crippen molar-refractivity contribution < 1.29 is 26.3 Å². The quantitative estimate of drug-likeness (QED) is 0.0577. The van der Waals surface area contributed by atoms with Crippen LogP contribution in [0.15, 0.2) is 60.5 Å². The second kappa shape index (κ2) is 20.2. The van der Waals surface area contributed by atoms with Gasteiger partial charge in [-0.2, -0.15) is 8.75 Å². The first kappa shape index (κ1) is 43.6. The summed E-state index contributed by atoms with van der Waals surface area (Å²) in [4.78, 5) is -0.757. The SMILES string of the molecule is C=C(/C(F)=C\C(=C/C)CCC(CC)CCCC)c1sc(-c2ccc(-c3sc(-c4ccc(CCC(CC)CCCC)cc4F)c(F)c3F)c3nsnc23)c(F)c1F. The van der Waals surface area contributed by atoms with E-state index < -0.39 is 34.9 Å². The molecule has 11 heteroatoms. The van der Waals surface area contributed by atoms with Gasteiger partial charge in [-0.15, -0.1) is 22.7 Å². The number of aryl methyl sites for hydroxylation is 1. The summed E-state index contributed by atoms with van der Waals surface area (Å²) in [6.07, 6.45) is 15.2. The fraction of sp³-hybridized carbons (Fsp3) is 0.422. The van der Waals surface area contributed by atoms with Crippen molar-refractivity contribution in [1.82, 2.24) is 8.75 Å². The highest BCUT2D eigenvalue weighted by Crippen LogP contribution is 2.47. The van der Waals surface area contributed by atoms with Gasteiger partial charge in [-0.3, -0.25) is 0 Å². The average molecular weight is 829 g/mol. The van der Waals surface area contributed by atoms with Crippen molar-refractivity contribution >= 4 is 51.0 Å². The number of aromatic nitrogens is 2. The van der Waals surface area contributed by atoms with E-state index in [-0.39, 0.29) is 52.8 Å². The van der Waals surface area contributed by atoms with Gasteiger partial charge < -0.3 is 0 Å². The standard InChI is InChI=1S/C45H50F6N2S3/c1-7-12-14-27(9-3)16-18-29(11-5)24-34(46)26(6)42-36(48)37(49)44(54-42)32-22-23-33(41-40(32)52-56-53-41)45-39(51)38(50)43(55-45)31-21-20-30(25-35(31)47)19-17-28(10-4)15-13-8-2/h11,20-25,27-28H,6-10,12-19H2,1-5H3/b29-11-,34-24+. The Labute approximate surface area is 339 Å². The first-order valence-electron chi connectivity index (χ1n) is 19.7. The number of fused-ring (bicyclic) bond motifs is 1. The minimum atomic E-state index is -1.24. The van der Waals surface area contributed by atoms with Crippen LogP contribution in [0.3, 0.4) is 0 Å². The number of halogens is 6. The largest absolute Gasteiger partial charge is 0.206 e. The van der Waals surface area contributed by atoms with Crippen molar-refractivity contribution in [1.29, 1.82) is 0 Å². The van der Waals surface area contributed by atoms with Crippen molar-refractivity contribution in [2.24, 2.45) is 11.8 Å². The summed E-state index contributed by atoms with van der Waals surface area (Å²) in [5.74, 6) is -5.11. The molecule has 2 aromatic carbocycles. The molecule has 5 aromatic rings. The second-order valence-electron chi connectivity index (χ2n) is 14.5. The van der Waals surface area contributed by atoms with Crippen LogP contribution in [-0.2, 0) is 6.42 Å². The van der Waals surface area contributed by atoms with Gasteiger partial charge in [0.15, 0.2) is 23.3 Å². The van der Waals surface area contributed by atoms with Crippen molar-refractivity contribution in [3.63, 3.8) is 0 Å². The van der Waals surface area contributed by atoms with Gasteiger partial charge in [0.1, 0.15) is 22.7 Å². The zero-order valence-electron chi connectivity index (χ0n) is 32.8. The highest BCUT2D eigenvalue weighted by Gasteiger charge is 2.29. The van der Waals surface area contributed by atoms with Gasteiger partial charge in [0.2, 0.25) is 0 Å². The van der Waals surface area contributed by atoms with E-state index in [4.69, 9.17) is 0 Å². The van der Waals surface area contributed by atoms with E-state index in [0.717, 1.165) is 98.4 Å². The van der Waals surface area contributed by atoms with E-state index in [1.807, 2.05) is 13.0 Å². The van der Waals surface area contributed by atoms with Gasteiger partial charge in [0, 0.05) is 22.3 Å². The molecule has 0 aliphatic carbocycles. The molecule has 2 atom stereocenters. The van der Waals surface area contributed by atoms with E-state index >= 15 is 26.3 Å². The normalized spacial score (nSPS) is 13.6. The molecule has 3 heterocycles. The topological polar surface area (TPSA) is 25.8 Å². The molecular weight excluding hydrogens is 779 g/mol. The van der Waals surface area contributed by atoms with E-state index in [1.54, 1.807) is 6.07 Å². The van der Waals surface area contributed by atoms with Gasteiger partial charge in [-0.1, -0.05) is 116 Å². The van der Waals surface area contributed by atoms with Gasteiger partial charge in [-0.25, -0.2) is 26.3 Å². The number of allylic oxidation sites excluding steroid dienone is 5. The molecule has 300 valence electrons. The molecule has 0 saturated carbocycles. The number of rotatable bonds is 20. The molecule has 0 aliphatic rings. The molecular formula is C45H50F6N2S3. The van der Waals surface area contributed by atoms with Gasteiger partial charge in [-0.05, 0) is 67.7 Å². The Kier molecular flexibility index (Phi) is 15.8. The summed E-state index contributed by atoms with van der Waals surface area (Å²) in [5.41, 5.74) is 1.84. The summed E-state index contributed by atoms with van der Waals surface area (Å²) in [5, 5.41) is 0. The Morgan fingerprint density at radius 3 is 1.80 bits per heavy atom. The Morgan fingerprint density at radius 2 is 1.25 bits per heavy atom. The van der Waals surface area contributed by atoms with Crippen LogP contribution in [0.4, 0.5) is 26.3 Å². The maximum Gasteiger partial charge on any atom is 0.178 e. The van der Waals surface area contributed by atoms with Gasteiger partial charge in [0.25, 0.3) is 0 Å². The van der Waals surface area contributed by atoms with Crippen LogP contribution in [0.1, 0.15) is 116 Å². The predicted molar refractivity (Wildman–Crippen MR) is 225 cm³/mol. The Morgan fingerprint density at radius 1 is 0.714 bits per heavy atom. The third-order valence-corrected chi connectivity index (χ3v) is 13.8. The molecule has 2 nitrogen and oxygen atoms in total. The monoisotopic (exact) mass is 828 g/mol. The highest BCUT2D eigenvalue weighted by atomic mass is 32.1. The zero-order chi connectivity index (χ0) is 40.5. The molecule has 3 aromatic heterocycles. The van der Waals surface area contributed by atoms with Gasteiger partial charge >= 0.3 is 0 Å². The highest BCUT2D eigenvalue weighted by molar-refractivity contribution is 7.19. The predicted octanol–water partition coefficient (Wildman–Crippen LogP) is 16.5. The molecule has 0 bridgehead atoms. The van der Waals surface area contributed by atoms with Crippen LogP contribution in [0.5, 0.6) is 0 Å². The molecule has 0 radical (unpaired) electrons. The van der Waals surface area contributed by atoms with E-state index in [1.165, 1.54) is 30.3 Å². The molecule has 0 fully saturated rings. The van der Waals surface area contributed by atoms with Crippen molar-refractivity contribution in [3.05, 3.63) is 100.0 Å². The summed E-state index contributed by atoms with van der Waals surface area (Å²) >= 11 is 2.22. The fourth-order valence-corrected chi connectivity index (χ4v) is 9.86. The van der Waals surface area contributed by atoms with Crippen LogP contribution >= 0.6 is 34.4 Å². The van der Waals surface area contributed by atoms with Crippen molar-refractivity contribution in [3.8, 4) is 31.3 Å². The van der Waals surface area contributed by atoms with E-state index in [2.05, 4.69) is 43.0 Å². The molecule has 0 aliphatic heterocycles. The Bertz CT molecular complexity index is 2190. The third kappa shape index (κ3) is 9.76. The Hall–Kier alpha value is -3.54. The molecule has 0 N–H and O–H groups in total. The van der Waals surface area contributed by atoms with E-state index in [9.17, 15) is 0 Å². The number of unbranched alkanes of at least 4 members (excludes halogenated alkanes) is 2. The van der Waals surface area contributed by atoms with Crippen molar-refractivity contribution in [2.75, 3.05) is 0 Å². The summed E-state index contributed by atoms with van der Waals surface area (Å²) in [7, 11) is 0. The van der Waals surface area contributed by atoms with Crippen LogP contribution in [-0.4, -0.2) is 8.75 Å². The number of nitrogens with zero attached hydrogens (tertiary/aromatic N) is 2. The number of hydrogen-bond donors (Lipinski definition) is 0. The first-order valence-corrected chi connectivity index (χ1v) is 22.1. The summed E-state index contributed by atoms with van der Waals surface area (Å²) in [6.45, 7) is 14.2. The second-order valence-corrected chi connectivity index (χ2v) is 17.0. The number of benzene rings is 2. The zero-order valence-corrected chi connectivity index (χ0v) is 35.2. The summed E-state index contributed by atoms with van der Waals surface area (Å²) in [6, 6.07) is 7.52. The van der Waals surface area contributed by atoms with E-state index in [0.29, 0.717) is 36.0 Å².